The first-order chi connectivity index (χ1) is 8.22. The van der Waals surface area contributed by atoms with Gasteiger partial charge in [-0.1, -0.05) is 32.4 Å². The lowest BCUT2D eigenvalue weighted by molar-refractivity contribution is 0.308. The Kier molecular flexibility index (Phi) is 6.71. The van der Waals surface area contributed by atoms with Crippen LogP contribution in [0, 0.1) is 12.8 Å². The van der Waals surface area contributed by atoms with E-state index in [1.807, 2.05) is 12.1 Å². The second kappa shape index (κ2) is 8.13. The average Bonchev–Trinajstić information content (AvgIpc) is 2.29. The Bertz CT molecular complexity index is 312. The molecule has 2 nitrogen and oxygen atoms in total. The third-order valence-corrected chi connectivity index (χ3v) is 2.81. The SMILES string of the molecule is CCCC(C)CNCCOc1cccc(C)c1. The molecule has 0 fully saturated rings. The Balaban J connectivity index is 2.08. The molecule has 1 rings (SSSR count). The fourth-order valence-electron chi connectivity index (χ4n) is 1.89. The zero-order valence-electron chi connectivity index (χ0n) is 11.3. The standard InChI is InChI=1S/C15H25NO/c1-4-6-14(3)12-16-9-10-17-15-8-5-7-13(2)11-15/h5,7-8,11,14,16H,4,6,9-10,12H2,1-3H3. The molecule has 0 aliphatic carbocycles. The minimum Gasteiger partial charge on any atom is -0.492 e. The predicted octanol–water partition coefficient (Wildman–Crippen LogP) is 3.40. The molecule has 0 bridgehead atoms. The Labute approximate surface area is 105 Å². The highest BCUT2D eigenvalue weighted by Gasteiger charge is 1.99. The molecule has 0 aromatic heterocycles. The first-order valence-corrected chi connectivity index (χ1v) is 6.62. The van der Waals surface area contributed by atoms with Crippen molar-refractivity contribution in [3.05, 3.63) is 29.8 Å². The van der Waals surface area contributed by atoms with Gasteiger partial charge in [-0.05, 0) is 43.5 Å². The second-order valence-corrected chi connectivity index (χ2v) is 4.76. The molecular weight excluding hydrogens is 210 g/mol. The molecule has 17 heavy (non-hydrogen) atoms. The Morgan fingerprint density at radius 2 is 2.18 bits per heavy atom. The van der Waals surface area contributed by atoms with E-state index in [0.717, 1.165) is 31.4 Å². The van der Waals surface area contributed by atoms with Crippen molar-refractivity contribution in [3.63, 3.8) is 0 Å². The predicted molar refractivity (Wildman–Crippen MR) is 73.6 cm³/mol. The summed E-state index contributed by atoms with van der Waals surface area (Å²) in [6.07, 6.45) is 2.56. The molecule has 1 aromatic rings. The van der Waals surface area contributed by atoms with Gasteiger partial charge in [0, 0.05) is 6.54 Å². The van der Waals surface area contributed by atoms with E-state index in [9.17, 15) is 0 Å². The molecule has 0 saturated heterocycles. The Hall–Kier alpha value is -1.02. The molecule has 0 heterocycles. The van der Waals surface area contributed by atoms with Crippen molar-refractivity contribution in [1.82, 2.24) is 5.32 Å². The summed E-state index contributed by atoms with van der Waals surface area (Å²) in [5.74, 6) is 1.73. The summed E-state index contributed by atoms with van der Waals surface area (Å²) in [5, 5.41) is 3.43. The van der Waals surface area contributed by atoms with Crippen molar-refractivity contribution in [3.8, 4) is 5.75 Å². The monoisotopic (exact) mass is 235 g/mol. The molecule has 0 saturated carbocycles. The van der Waals surface area contributed by atoms with Gasteiger partial charge in [-0.25, -0.2) is 0 Å². The van der Waals surface area contributed by atoms with E-state index >= 15 is 0 Å². The van der Waals surface area contributed by atoms with Crippen molar-refractivity contribution >= 4 is 0 Å². The van der Waals surface area contributed by atoms with Crippen molar-refractivity contribution in [2.45, 2.75) is 33.6 Å². The van der Waals surface area contributed by atoms with Gasteiger partial charge in [-0.3, -0.25) is 0 Å². The van der Waals surface area contributed by atoms with Crippen LogP contribution in [0.1, 0.15) is 32.3 Å². The van der Waals surface area contributed by atoms with Crippen LogP contribution in [0.25, 0.3) is 0 Å². The van der Waals surface area contributed by atoms with E-state index in [1.54, 1.807) is 0 Å². The summed E-state index contributed by atoms with van der Waals surface area (Å²) < 4.78 is 5.67. The highest BCUT2D eigenvalue weighted by atomic mass is 16.5. The number of hydrogen-bond donors (Lipinski definition) is 1. The fraction of sp³-hybridized carbons (Fsp3) is 0.600. The van der Waals surface area contributed by atoms with Gasteiger partial charge in [-0.15, -0.1) is 0 Å². The summed E-state index contributed by atoms with van der Waals surface area (Å²) in [6, 6.07) is 8.19. The topological polar surface area (TPSA) is 21.3 Å². The molecule has 1 unspecified atom stereocenters. The van der Waals surface area contributed by atoms with Crippen LogP contribution in [-0.4, -0.2) is 19.7 Å². The number of aryl methyl sites for hydroxylation is 1. The van der Waals surface area contributed by atoms with E-state index in [0.29, 0.717) is 0 Å². The second-order valence-electron chi connectivity index (χ2n) is 4.76. The molecule has 0 aliphatic heterocycles. The number of benzene rings is 1. The van der Waals surface area contributed by atoms with Gasteiger partial charge in [0.25, 0.3) is 0 Å². The van der Waals surface area contributed by atoms with Crippen LogP contribution in [-0.2, 0) is 0 Å². The third-order valence-electron chi connectivity index (χ3n) is 2.81. The summed E-state index contributed by atoms with van der Waals surface area (Å²) in [7, 11) is 0. The summed E-state index contributed by atoms with van der Waals surface area (Å²) in [6.45, 7) is 9.35. The van der Waals surface area contributed by atoms with Crippen molar-refractivity contribution in [2.75, 3.05) is 19.7 Å². The lowest BCUT2D eigenvalue weighted by Crippen LogP contribution is -2.26. The van der Waals surface area contributed by atoms with Gasteiger partial charge in [-0.2, -0.15) is 0 Å². The van der Waals surface area contributed by atoms with E-state index in [4.69, 9.17) is 4.74 Å². The van der Waals surface area contributed by atoms with E-state index < -0.39 is 0 Å². The molecule has 1 N–H and O–H groups in total. The summed E-state index contributed by atoms with van der Waals surface area (Å²) in [5.41, 5.74) is 1.24. The van der Waals surface area contributed by atoms with Crippen molar-refractivity contribution in [2.24, 2.45) is 5.92 Å². The number of ether oxygens (including phenoxy) is 1. The smallest absolute Gasteiger partial charge is 0.119 e. The Morgan fingerprint density at radius 3 is 2.88 bits per heavy atom. The first-order valence-electron chi connectivity index (χ1n) is 6.62. The highest BCUT2D eigenvalue weighted by Crippen LogP contribution is 2.11. The van der Waals surface area contributed by atoms with Crippen LogP contribution in [0.3, 0.4) is 0 Å². The molecule has 1 aromatic carbocycles. The molecule has 0 spiro atoms. The van der Waals surface area contributed by atoms with E-state index in [1.165, 1.54) is 18.4 Å². The molecule has 0 aliphatic rings. The maximum absolute atomic E-state index is 5.67. The summed E-state index contributed by atoms with van der Waals surface area (Å²) in [4.78, 5) is 0. The van der Waals surface area contributed by atoms with Crippen LogP contribution >= 0.6 is 0 Å². The largest absolute Gasteiger partial charge is 0.492 e. The molecule has 0 amide bonds. The molecular formula is C15H25NO. The summed E-state index contributed by atoms with van der Waals surface area (Å²) >= 11 is 0. The normalized spacial score (nSPS) is 12.4. The van der Waals surface area contributed by atoms with Crippen LogP contribution < -0.4 is 10.1 Å². The van der Waals surface area contributed by atoms with Gasteiger partial charge < -0.3 is 10.1 Å². The van der Waals surface area contributed by atoms with Crippen LogP contribution in [0.15, 0.2) is 24.3 Å². The number of hydrogen-bond acceptors (Lipinski definition) is 2. The number of nitrogens with one attached hydrogen (secondary N) is 1. The highest BCUT2D eigenvalue weighted by molar-refractivity contribution is 5.27. The van der Waals surface area contributed by atoms with Gasteiger partial charge >= 0.3 is 0 Å². The molecule has 2 heteroatoms. The Morgan fingerprint density at radius 1 is 1.35 bits per heavy atom. The van der Waals surface area contributed by atoms with Gasteiger partial charge in [0.2, 0.25) is 0 Å². The van der Waals surface area contributed by atoms with Gasteiger partial charge in [0.15, 0.2) is 0 Å². The number of rotatable bonds is 8. The first kappa shape index (κ1) is 14.0. The van der Waals surface area contributed by atoms with E-state index in [2.05, 4.69) is 38.2 Å². The molecule has 96 valence electrons. The maximum Gasteiger partial charge on any atom is 0.119 e. The lowest BCUT2D eigenvalue weighted by atomic mass is 10.1. The van der Waals surface area contributed by atoms with Gasteiger partial charge in [0.1, 0.15) is 12.4 Å². The lowest BCUT2D eigenvalue weighted by Gasteiger charge is -2.12. The van der Waals surface area contributed by atoms with E-state index in [-0.39, 0.29) is 0 Å². The molecule has 0 radical (unpaired) electrons. The average molecular weight is 235 g/mol. The van der Waals surface area contributed by atoms with Crippen LogP contribution in [0.2, 0.25) is 0 Å². The third kappa shape index (κ3) is 6.32. The molecule has 1 atom stereocenters. The minimum absolute atomic E-state index is 0.738. The van der Waals surface area contributed by atoms with Crippen LogP contribution in [0.4, 0.5) is 0 Å². The van der Waals surface area contributed by atoms with Crippen molar-refractivity contribution in [1.29, 1.82) is 0 Å². The van der Waals surface area contributed by atoms with Crippen LogP contribution in [0.5, 0.6) is 5.75 Å². The maximum atomic E-state index is 5.67. The van der Waals surface area contributed by atoms with Crippen molar-refractivity contribution < 1.29 is 4.74 Å². The fourth-order valence-corrected chi connectivity index (χ4v) is 1.89. The quantitative estimate of drug-likeness (QED) is 0.697. The zero-order chi connectivity index (χ0) is 12.5. The zero-order valence-corrected chi connectivity index (χ0v) is 11.3. The minimum atomic E-state index is 0.738. The van der Waals surface area contributed by atoms with Gasteiger partial charge in [0.05, 0.1) is 0 Å².